The first-order chi connectivity index (χ1) is 14.3. The maximum Gasteiger partial charge on any atom is 0.150 e. The Morgan fingerprint density at radius 1 is 0.828 bits per heavy atom. The fourth-order valence-corrected chi connectivity index (χ4v) is 3.18. The second-order valence-electron chi connectivity index (χ2n) is 7.26. The van der Waals surface area contributed by atoms with E-state index in [1.807, 2.05) is 24.3 Å². The van der Waals surface area contributed by atoms with Crippen LogP contribution >= 0.6 is 0 Å². The van der Waals surface area contributed by atoms with Gasteiger partial charge in [-0.05, 0) is 47.9 Å². The standard InChI is InChI=1S/C25H34O4/c1-3-4-5-6-7-8-15-28-24-12-9-21(10-13-24)18-23-19-22(20-26)11-14-25(23)29-17-16-27-2/h9-14,19-20H,3-8,15-18H2,1-2H3. The third kappa shape index (κ3) is 8.70. The van der Waals surface area contributed by atoms with E-state index in [1.165, 1.54) is 32.1 Å². The van der Waals surface area contributed by atoms with Crippen LogP contribution in [0, 0.1) is 0 Å². The van der Waals surface area contributed by atoms with Crippen LogP contribution in [0.3, 0.4) is 0 Å². The number of hydrogen-bond acceptors (Lipinski definition) is 4. The molecule has 0 aliphatic rings. The van der Waals surface area contributed by atoms with Crippen molar-refractivity contribution in [3.8, 4) is 11.5 Å². The molecule has 0 spiro atoms. The molecule has 0 radical (unpaired) electrons. The maximum absolute atomic E-state index is 11.1. The Bertz CT molecular complexity index is 709. The van der Waals surface area contributed by atoms with Crippen LogP contribution in [0.1, 0.15) is 66.9 Å². The minimum Gasteiger partial charge on any atom is -0.494 e. The molecule has 0 heterocycles. The zero-order chi connectivity index (χ0) is 20.7. The number of carbonyl (C=O) groups excluding carboxylic acids is 1. The van der Waals surface area contributed by atoms with Crippen molar-refractivity contribution in [3.63, 3.8) is 0 Å². The van der Waals surface area contributed by atoms with Crippen molar-refractivity contribution in [2.75, 3.05) is 26.9 Å². The summed E-state index contributed by atoms with van der Waals surface area (Å²) in [7, 11) is 1.65. The Morgan fingerprint density at radius 2 is 1.59 bits per heavy atom. The highest BCUT2D eigenvalue weighted by atomic mass is 16.5. The molecular weight excluding hydrogens is 364 g/mol. The number of benzene rings is 2. The maximum atomic E-state index is 11.1. The number of rotatable bonds is 15. The van der Waals surface area contributed by atoms with Crippen molar-refractivity contribution in [1.82, 2.24) is 0 Å². The second kappa shape index (κ2) is 13.8. The molecule has 0 unspecified atom stereocenters. The largest absolute Gasteiger partial charge is 0.494 e. The summed E-state index contributed by atoms with van der Waals surface area (Å²) in [4.78, 5) is 11.1. The predicted octanol–water partition coefficient (Wildman–Crippen LogP) is 5.85. The summed E-state index contributed by atoms with van der Waals surface area (Å²) in [5.74, 6) is 1.69. The van der Waals surface area contributed by atoms with E-state index in [-0.39, 0.29) is 0 Å². The molecule has 29 heavy (non-hydrogen) atoms. The minimum absolute atomic E-state index is 0.481. The summed E-state index contributed by atoms with van der Waals surface area (Å²) in [5, 5.41) is 0. The highest BCUT2D eigenvalue weighted by Gasteiger charge is 2.07. The lowest BCUT2D eigenvalue weighted by Crippen LogP contribution is -2.06. The van der Waals surface area contributed by atoms with E-state index in [4.69, 9.17) is 14.2 Å². The number of aldehydes is 1. The van der Waals surface area contributed by atoms with Gasteiger partial charge in [0.05, 0.1) is 13.2 Å². The molecule has 158 valence electrons. The van der Waals surface area contributed by atoms with Gasteiger partial charge in [-0.2, -0.15) is 0 Å². The van der Waals surface area contributed by atoms with E-state index in [0.717, 1.165) is 41.9 Å². The quantitative estimate of drug-likeness (QED) is 0.279. The van der Waals surface area contributed by atoms with Crippen molar-refractivity contribution < 1.29 is 19.0 Å². The molecule has 2 rings (SSSR count). The third-order valence-corrected chi connectivity index (χ3v) is 4.85. The molecule has 0 atom stereocenters. The molecule has 0 fully saturated rings. The van der Waals surface area contributed by atoms with Crippen LogP contribution in [0.25, 0.3) is 0 Å². The Hall–Kier alpha value is -2.33. The van der Waals surface area contributed by atoms with Crippen LogP contribution in [0.15, 0.2) is 42.5 Å². The van der Waals surface area contributed by atoms with Crippen molar-refractivity contribution in [2.24, 2.45) is 0 Å². The topological polar surface area (TPSA) is 44.8 Å². The summed E-state index contributed by atoms with van der Waals surface area (Å²) < 4.78 is 16.7. The zero-order valence-corrected chi connectivity index (χ0v) is 17.8. The number of carbonyl (C=O) groups is 1. The van der Waals surface area contributed by atoms with E-state index < -0.39 is 0 Å². The molecule has 4 nitrogen and oxygen atoms in total. The Morgan fingerprint density at radius 3 is 2.31 bits per heavy atom. The van der Waals surface area contributed by atoms with Crippen molar-refractivity contribution >= 4 is 6.29 Å². The minimum atomic E-state index is 0.481. The Kier molecular flexibility index (Phi) is 10.9. The normalized spacial score (nSPS) is 10.7. The monoisotopic (exact) mass is 398 g/mol. The van der Waals surface area contributed by atoms with Gasteiger partial charge in [-0.25, -0.2) is 0 Å². The van der Waals surface area contributed by atoms with Gasteiger partial charge in [0.1, 0.15) is 24.4 Å². The molecule has 0 aliphatic heterocycles. The van der Waals surface area contributed by atoms with Gasteiger partial charge in [-0.15, -0.1) is 0 Å². The summed E-state index contributed by atoms with van der Waals surface area (Å²) >= 11 is 0. The molecule has 0 bridgehead atoms. The summed E-state index contributed by atoms with van der Waals surface area (Å²) in [6, 6.07) is 13.7. The van der Waals surface area contributed by atoms with Gasteiger partial charge in [0, 0.05) is 19.1 Å². The van der Waals surface area contributed by atoms with Crippen LogP contribution in [-0.2, 0) is 11.2 Å². The van der Waals surface area contributed by atoms with E-state index >= 15 is 0 Å². The first-order valence-electron chi connectivity index (χ1n) is 10.7. The smallest absolute Gasteiger partial charge is 0.150 e. The SMILES string of the molecule is CCCCCCCCOc1ccc(Cc2cc(C=O)ccc2OCCOC)cc1. The van der Waals surface area contributed by atoms with Gasteiger partial charge in [-0.1, -0.05) is 51.2 Å². The highest BCUT2D eigenvalue weighted by molar-refractivity contribution is 5.75. The Labute approximate surface area is 175 Å². The predicted molar refractivity (Wildman–Crippen MR) is 117 cm³/mol. The number of hydrogen-bond donors (Lipinski definition) is 0. The van der Waals surface area contributed by atoms with Crippen molar-refractivity contribution in [2.45, 2.75) is 51.9 Å². The lowest BCUT2D eigenvalue weighted by atomic mass is 10.0. The van der Waals surface area contributed by atoms with Gasteiger partial charge in [0.15, 0.2) is 0 Å². The molecular formula is C25H34O4. The molecule has 0 aromatic heterocycles. The van der Waals surface area contributed by atoms with Gasteiger partial charge < -0.3 is 14.2 Å². The molecule has 2 aromatic carbocycles. The zero-order valence-electron chi connectivity index (χ0n) is 17.8. The number of unbranched alkanes of at least 4 members (excludes halogenated alkanes) is 5. The fraction of sp³-hybridized carbons (Fsp3) is 0.480. The molecule has 2 aromatic rings. The van der Waals surface area contributed by atoms with Gasteiger partial charge in [0.2, 0.25) is 0 Å². The average molecular weight is 399 g/mol. The van der Waals surface area contributed by atoms with Crippen molar-refractivity contribution in [3.05, 3.63) is 59.2 Å². The molecule has 0 saturated heterocycles. The highest BCUT2D eigenvalue weighted by Crippen LogP contribution is 2.24. The van der Waals surface area contributed by atoms with Crippen LogP contribution in [0.2, 0.25) is 0 Å². The van der Waals surface area contributed by atoms with Crippen molar-refractivity contribution in [1.29, 1.82) is 0 Å². The second-order valence-corrected chi connectivity index (χ2v) is 7.26. The molecule has 4 heteroatoms. The van der Waals surface area contributed by atoms with E-state index in [1.54, 1.807) is 13.2 Å². The number of methoxy groups -OCH3 is 1. The summed E-state index contributed by atoms with van der Waals surface area (Å²) in [6.45, 7) is 4.01. The van der Waals surface area contributed by atoms with Gasteiger partial charge in [-0.3, -0.25) is 4.79 Å². The van der Waals surface area contributed by atoms with Crippen LogP contribution in [0.5, 0.6) is 11.5 Å². The summed E-state index contributed by atoms with van der Waals surface area (Å²) in [5.41, 5.74) is 2.79. The van der Waals surface area contributed by atoms with E-state index in [0.29, 0.717) is 25.2 Å². The molecule has 0 N–H and O–H groups in total. The Balaban J connectivity index is 1.87. The number of ether oxygens (including phenoxy) is 3. The first-order valence-corrected chi connectivity index (χ1v) is 10.7. The molecule has 0 aliphatic carbocycles. The van der Waals surface area contributed by atoms with E-state index in [2.05, 4.69) is 19.1 Å². The van der Waals surface area contributed by atoms with E-state index in [9.17, 15) is 4.79 Å². The summed E-state index contributed by atoms with van der Waals surface area (Å²) in [6.07, 6.45) is 9.13. The molecule has 0 saturated carbocycles. The van der Waals surface area contributed by atoms with Crippen LogP contribution < -0.4 is 9.47 Å². The fourth-order valence-electron chi connectivity index (χ4n) is 3.18. The lowest BCUT2D eigenvalue weighted by Gasteiger charge is -2.13. The van der Waals surface area contributed by atoms with Crippen LogP contribution in [0.4, 0.5) is 0 Å². The van der Waals surface area contributed by atoms with Gasteiger partial charge >= 0.3 is 0 Å². The van der Waals surface area contributed by atoms with Crippen LogP contribution in [-0.4, -0.2) is 33.2 Å². The first kappa shape index (κ1) is 23.0. The molecule has 0 amide bonds. The van der Waals surface area contributed by atoms with Gasteiger partial charge in [0.25, 0.3) is 0 Å². The third-order valence-electron chi connectivity index (χ3n) is 4.85. The lowest BCUT2D eigenvalue weighted by molar-refractivity contribution is 0.112. The average Bonchev–Trinajstić information content (AvgIpc) is 2.75.